The highest BCUT2D eigenvalue weighted by atomic mass is 16.1. The maximum Gasteiger partial charge on any atom is 0.142 e. The van der Waals surface area contributed by atoms with Gasteiger partial charge >= 0.3 is 0 Å². The average Bonchev–Trinajstić information content (AvgIpc) is 2.15. The van der Waals surface area contributed by atoms with Gasteiger partial charge in [-0.25, -0.2) is 0 Å². The Morgan fingerprint density at radius 2 is 1.59 bits per heavy atom. The number of Topliss-reactive ketones (excluding diaryl/α,β-unsaturated/α-hetero) is 2. The number of hydrogen-bond donors (Lipinski definition) is 0. The highest BCUT2D eigenvalue weighted by molar-refractivity contribution is 5.85. The minimum Gasteiger partial charge on any atom is -0.300 e. The summed E-state index contributed by atoms with van der Waals surface area (Å²) in [5.74, 6) is 0.363. The van der Waals surface area contributed by atoms with Crippen LogP contribution in [0.4, 0.5) is 0 Å². The largest absolute Gasteiger partial charge is 0.300 e. The molecule has 0 bridgehead atoms. The third-order valence-electron chi connectivity index (χ3n) is 2.65. The summed E-state index contributed by atoms with van der Waals surface area (Å²) in [4.78, 5) is 22.9. The van der Waals surface area contributed by atoms with Crippen LogP contribution in [0.5, 0.6) is 0 Å². The molecule has 2 heteroatoms. The van der Waals surface area contributed by atoms with Gasteiger partial charge in [0.1, 0.15) is 11.6 Å². The van der Waals surface area contributed by atoms with E-state index in [1.165, 1.54) is 0 Å². The molecule has 0 aliphatic heterocycles. The van der Waals surface area contributed by atoms with Gasteiger partial charge in [0.2, 0.25) is 0 Å². The van der Waals surface area contributed by atoms with E-state index in [2.05, 4.69) is 0 Å². The fourth-order valence-electron chi connectivity index (χ4n) is 1.59. The molecule has 1 aromatic carbocycles. The van der Waals surface area contributed by atoms with E-state index in [0.717, 1.165) is 11.1 Å². The lowest BCUT2D eigenvalue weighted by molar-refractivity contribution is -0.125. The van der Waals surface area contributed by atoms with Gasteiger partial charge in [-0.1, -0.05) is 45.0 Å². The van der Waals surface area contributed by atoms with Crippen LogP contribution in [0, 0.1) is 5.41 Å². The van der Waals surface area contributed by atoms with Gasteiger partial charge in [-0.05, 0) is 18.1 Å². The van der Waals surface area contributed by atoms with Gasteiger partial charge in [-0.3, -0.25) is 9.59 Å². The van der Waals surface area contributed by atoms with Crippen LogP contribution in [0.1, 0.15) is 38.8 Å². The molecule has 0 heterocycles. The van der Waals surface area contributed by atoms with Crippen LogP contribution in [0.3, 0.4) is 0 Å². The van der Waals surface area contributed by atoms with E-state index in [0.29, 0.717) is 12.8 Å². The van der Waals surface area contributed by atoms with Crippen LogP contribution in [-0.2, 0) is 22.4 Å². The molecule has 1 rings (SSSR count). The Labute approximate surface area is 103 Å². The van der Waals surface area contributed by atoms with Crippen LogP contribution in [0.25, 0.3) is 0 Å². The van der Waals surface area contributed by atoms with Crippen LogP contribution < -0.4 is 0 Å². The smallest absolute Gasteiger partial charge is 0.142 e. The van der Waals surface area contributed by atoms with Gasteiger partial charge in [0.15, 0.2) is 0 Å². The topological polar surface area (TPSA) is 34.1 Å². The fourth-order valence-corrected chi connectivity index (χ4v) is 1.59. The minimum atomic E-state index is -0.309. The lowest BCUT2D eigenvalue weighted by Crippen LogP contribution is -2.22. The Morgan fingerprint density at radius 1 is 1.06 bits per heavy atom. The third kappa shape index (κ3) is 4.51. The van der Waals surface area contributed by atoms with Crippen molar-refractivity contribution < 1.29 is 9.59 Å². The predicted molar refractivity (Wildman–Crippen MR) is 69.0 cm³/mol. The van der Waals surface area contributed by atoms with Crippen molar-refractivity contribution in [3.8, 4) is 0 Å². The maximum absolute atomic E-state index is 11.9. The molecule has 0 aliphatic rings. The number of carbonyl (C=O) groups is 2. The van der Waals surface area contributed by atoms with E-state index in [1.54, 1.807) is 6.92 Å². The highest BCUT2D eigenvalue weighted by Crippen LogP contribution is 2.18. The second-order valence-corrected chi connectivity index (χ2v) is 5.55. The van der Waals surface area contributed by atoms with Crippen LogP contribution in [-0.4, -0.2) is 11.6 Å². The summed E-state index contributed by atoms with van der Waals surface area (Å²) in [6.45, 7) is 7.35. The predicted octanol–water partition coefficient (Wildman–Crippen LogP) is 2.98. The van der Waals surface area contributed by atoms with E-state index in [1.807, 2.05) is 45.0 Å². The Balaban J connectivity index is 2.79. The van der Waals surface area contributed by atoms with E-state index in [9.17, 15) is 9.59 Å². The van der Waals surface area contributed by atoms with Gasteiger partial charge in [-0.15, -0.1) is 0 Å². The number of hydrogen-bond acceptors (Lipinski definition) is 2. The van der Waals surface area contributed by atoms with Crippen molar-refractivity contribution in [2.45, 2.75) is 40.5 Å². The average molecular weight is 232 g/mol. The zero-order chi connectivity index (χ0) is 13.1. The van der Waals surface area contributed by atoms with Gasteiger partial charge in [0, 0.05) is 18.3 Å². The zero-order valence-electron chi connectivity index (χ0n) is 11.0. The number of benzene rings is 1. The van der Waals surface area contributed by atoms with Crippen LogP contribution >= 0.6 is 0 Å². The Kier molecular flexibility index (Phi) is 4.22. The van der Waals surface area contributed by atoms with Crippen molar-refractivity contribution in [1.82, 2.24) is 0 Å². The molecule has 0 unspecified atom stereocenters. The molecular formula is C15H20O2. The molecule has 0 saturated heterocycles. The lowest BCUT2D eigenvalue weighted by Gasteiger charge is -2.16. The minimum absolute atomic E-state index is 0.143. The first kappa shape index (κ1) is 13.6. The lowest BCUT2D eigenvalue weighted by atomic mass is 9.87. The zero-order valence-corrected chi connectivity index (χ0v) is 11.0. The summed E-state index contributed by atoms with van der Waals surface area (Å²) in [5, 5.41) is 0. The number of carbonyl (C=O) groups excluding carboxylic acids is 2. The van der Waals surface area contributed by atoms with Crippen molar-refractivity contribution in [3.63, 3.8) is 0 Å². The molecule has 17 heavy (non-hydrogen) atoms. The number of rotatable bonds is 4. The molecule has 0 aliphatic carbocycles. The monoisotopic (exact) mass is 232 g/mol. The quantitative estimate of drug-likeness (QED) is 0.799. The van der Waals surface area contributed by atoms with Gasteiger partial charge in [0.25, 0.3) is 0 Å². The molecule has 92 valence electrons. The molecule has 0 amide bonds. The van der Waals surface area contributed by atoms with Crippen molar-refractivity contribution >= 4 is 11.6 Å². The van der Waals surface area contributed by atoms with Crippen molar-refractivity contribution in [2.24, 2.45) is 5.41 Å². The first-order valence-corrected chi connectivity index (χ1v) is 5.89. The Hall–Kier alpha value is -1.44. The van der Waals surface area contributed by atoms with Crippen molar-refractivity contribution in [2.75, 3.05) is 0 Å². The molecule has 0 spiro atoms. The molecule has 0 N–H and O–H groups in total. The molecule has 0 fully saturated rings. The first-order chi connectivity index (χ1) is 7.79. The van der Waals surface area contributed by atoms with Crippen LogP contribution in [0.2, 0.25) is 0 Å². The van der Waals surface area contributed by atoms with E-state index >= 15 is 0 Å². The van der Waals surface area contributed by atoms with E-state index in [-0.39, 0.29) is 17.0 Å². The number of ketones is 2. The Bertz CT molecular complexity index is 425. The van der Waals surface area contributed by atoms with Crippen LogP contribution in [0.15, 0.2) is 24.3 Å². The molecule has 0 saturated carbocycles. The third-order valence-corrected chi connectivity index (χ3v) is 2.65. The molecule has 1 aromatic rings. The molecule has 0 radical (unpaired) electrons. The second-order valence-electron chi connectivity index (χ2n) is 5.55. The van der Waals surface area contributed by atoms with Gasteiger partial charge < -0.3 is 0 Å². The summed E-state index contributed by atoms with van der Waals surface area (Å²) >= 11 is 0. The summed E-state index contributed by atoms with van der Waals surface area (Å²) < 4.78 is 0. The summed E-state index contributed by atoms with van der Waals surface area (Å²) in [6.07, 6.45) is 0.882. The molecule has 0 aromatic heterocycles. The van der Waals surface area contributed by atoms with Crippen molar-refractivity contribution in [1.29, 1.82) is 0 Å². The van der Waals surface area contributed by atoms with E-state index < -0.39 is 0 Å². The second kappa shape index (κ2) is 5.26. The summed E-state index contributed by atoms with van der Waals surface area (Å²) in [7, 11) is 0. The highest BCUT2D eigenvalue weighted by Gasteiger charge is 2.21. The SMILES string of the molecule is CC(=O)Cc1cccc(CC(=O)C(C)(C)C)c1. The first-order valence-electron chi connectivity index (χ1n) is 5.89. The maximum atomic E-state index is 11.9. The summed E-state index contributed by atoms with van der Waals surface area (Å²) in [6, 6.07) is 7.72. The fraction of sp³-hybridized carbons (Fsp3) is 0.467. The van der Waals surface area contributed by atoms with Gasteiger partial charge in [0.05, 0.1) is 0 Å². The molecule has 0 atom stereocenters. The summed E-state index contributed by atoms with van der Waals surface area (Å²) in [5.41, 5.74) is 1.66. The van der Waals surface area contributed by atoms with Gasteiger partial charge in [-0.2, -0.15) is 0 Å². The molecular weight excluding hydrogens is 212 g/mol. The standard InChI is InChI=1S/C15H20O2/c1-11(16)8-12-6-5-7-13(9-12)10-14(17)15(2,3)4/h5-7,9H,8,10H2,1-4H3. The molecule has 2 nitrogen and oxygen atoms in total. The normalized spacial score (nSPS) is 11.3. The Morgan fingerprint density at radius 3 is 2.06 bits per heavy atom. The van der Waals surface area contributed by atoms with Crippen molar-refractivity contribution in [3.05, 3.63) is 35.4 Å². The van der Waals surface area contributed by atoms with E-state index in [4.69, 9.17) is 0 Å².